The van der Waals surface area contributed by atoms with Gasteiger partial charge in [0, 0.05) is 33.0 Å². The Labute approximate surface area is 284 Å². The summed E-state index contributed by atoms with van der Waals surface area (Å²) < 4.78 is 6.59. The SMILES string of the molecule is c1ccc(-c2ccc(-c3cccc4c3oc3cccc(-c5ccc(-c6nc(-c7ccccc7)nc(-c7ccccc7)n6)cc5)c34)cc2)cc1. The molecule has 0 atom stereocenters. The zero-order valence-corrected chi connectivity index (χ0v) is 26.5. The first-order valence-corrected chi connectivity index (χ1v) is 16.4. The number of fused-ring (bicyclic) bond motifs is 3. The summed E-state index contributed by atoms with van der Waals surface area (Å²) in [6.45, 7) is 0. The van der Waals surface area contributed by atoms with Gasteiger partial charge in [-0.3, -0.25) is 0 Å². The molecular weight excluding hydrogens is 599 g/mol. The van der Waals surface area contributed by atoms with E-state index >= 15 is 0 Å². The molecule has 0 saturated heterocycles. The summed E-state index contributed by atoms with van der Waals surface area (Å²) >= 11 is 0. The van der Waals surface area contributed by atoms with Crippen LogP contribution in [0.4, 0.5) is 0 Å². The van der Waals surface area contributed by atoms with Crippen LogP contribution in [0.2, 0.25) is 0 Å². The smallest absolute Gasteiger partial charge is 0.164 e. The van der Waals surface area contributed by atoms with E-state index in [2.05, 4.69) is 109 Å². The molecule has 0 radical (unpaired) electrons. The molecule has 49 heavy (non-hydrogen) atoms. The summed E-state index contributed by atoms with van der Waals surface area (Å²) in [5.74, 6) is 1.93. The van der Waals surface area contributed by atoms with Gasteiger partial charge in [0.1, 0.15) is 11.2 Å². The molecule has 0 fully saturated rings. The fourth-order valence-corrected chi connectivity index (χ4v) is 6.53. The van der Waals surface area contributed by atoms with E-state index in [1.54, 1.807) is 0 Å². The van der Waals surface area contributed by atoms with Crippen molar-refractivity contribution >= 4 is 21.9 Å². The highest BCUT2D eigenvalue weighted by Crippen LogP contribution is 2.41. The van der Waals surface area contributed by atoms with E-state index < -0.39 is 0 Å². The lowest BCUT2D eigenvalue weighted by Crippen LogP contribution is -2.00. The fraction of sp³-hybridized carbons (Fsp3) is 0. The lowest BCUT2D eigenvalue weighted by molar-refractivity contribution is 0.670. The molecule has 2 heterocycles. The third-order valence-electron chi connectivity index (χ3n) is 8.98. The number of hydrogen-bond donors (Lipinski definition) is 0. The van der Waals surface area contributed by atoms with Crippen LogP contribution < -0.4 is 0 Å². The van der Waals surface area contributed by atoms with Crippen LogP contribution in [0.15, 0.2) is 180 Å². The first-order chi connectivity index (χ1) is 24.3. The Morgan fingerprint density at radius 1 is 0.306 bits per heavy atom. The highest BCUT2D eigenvalue weighted by Gasteiger charge is 2.17. The Balaban J connectivity index is 1.10. The van der Waals surface area contributed by atoms with Crippen molar-refractivity contribution in [3.8, 4) is 67.5 Å². The van der Waals surface area contributed by atoms with E-state index in [9.17, 15) is 0 Å². The van der Waals surface area contributed by atoms with Gasteiger partial charge in [0.25, 0.3) is 0 Å². The lowest BCUT2D eigenvalue weighted by Gasteiger charge is -2.09. The van der Waals surface area contributed by atoms with Crippen LogP contribution in [0.5, 0.6) is 0 Å². The number of benzene rings is 7. The average Bonchev–Trinajstić information content (AvgIpc) is 3.58. The zero-order valence-electron chi connectivity index (χ0n) is 26.5. The Kier molecular flexibility index (Phi) is 7.10. The molecule has 0 N–H and O–H groups in total. The summed E-state index contributed by atoms with van der Waals surface area (Å²) in [5, 5.41) is 2.20. The van der Waals surface area contributed by atoms with Crippen molar-refractivity contribution < 1.29 is 4.42 Å². The van der Waals surface area contributed by atoms with Crippen LogP contribution in [0.3, 0.4) is 0 Å². The molecule has 0 amide bonds. The van der Waals surface area contributed by atoms with E-state index in [4.69, 9.17) is 19.4 Å². The second-order valence-electron chi connectivity index (χ2n) is 12.0. The number of hydrogen-bond acceptors (Lipinski definition) is 4. The van der Waals surface area contributed by atoms with Crippen LogP contribution in [-0.4, -0.2) is 15.0 Å². The summed E-state index contributed by atoms with van der Waals surface area (Å²) in [7, 11) is 0. The Hall–Kier alpha value is -6.65. The molecule has 2 aromatic heterocycles. The minimum atomic E-state index is 0.633. The second-order valence-corrected chi connectivity index (χ2v) is 12.0. The summed E-state index contributed by atoms with van der Waals surface area (Å²) in [5.41, 5.74) is 11.4. The van der Waals surface area contributed by atoms with Crippen molar-refractivity contribution in [2.45, 2.75) is 0 Å². The first kappa shape index (κ1) is 28.6. The van der Waals surface area contributed by atoms with Crippen molar-refractivity contribution in [2.24, 2.45) is 0 Å². The Morgan fingerprint density at radius 2 is 0.714 bits per heavy atom. The van der Waals surface area contributed by atoms with E-state index in [-0.39, 0.29) is 0 Å². The second kappa shape index (κ2) is 12.2. The van der Waals surface area contributed by atoms with Crippen LogP contribution in [-0.2, 0) is 0 Å². The highest BCUT2D eigenvalue weighted by molar-refractivity contribution is 6.15. The molecule has 0 aliphatic carbocycles. The monoisotopic (exact) mass is 627 g/mol. The maximum atomic E-state index is 6.59. The summed E-state index contributed by atoms with van der Waals surface area (Å²) in [6.07, 6.45) is 0. The number of nitrogens with zero attached hydrogens (tertiary/aromatic N) is 3. The molecule has 230 valence electrons. The minimum absolute atomic E-state index is 0.633. The largest absolute Gasteiger partial charge is 0.455 e. The molecule has 0 saturated carbocycles. The molecule has 4 nitrogen and oxygen atoms in total. The van der Waals surface area contributed by atoms with Gasteiger partial charge in [-0.25, -0.2) is 15.0 Å². The van der Waals surface area contributed by atoms with E-state index in [0.29, 0.717) is 17.5 Å². The maximum Gasteiger partial charge on any atom is 0.164 e. The molecule has 0 unspecified atom stereocenters. The van der Waals surface area contributed by atoms with Gasteiger partial charge in [-0.2, -0.15) is 0 Å². The topological polar surface area (TPSA) is 51.8 Å². The molecule has 0 aliphatic rings. The predicted octanol–water partition coefficient (Wildman–Crippen LogP) is 11.8. The van der Waals surface area contributed by atoms with E-state index in [1.165, 1.54) is 11.1 Å². The van der Waals surface area contributed by atoms with Crippen molar-refractivity contribution in [3.05, 3.63) is 176 Å². The Bertz CT molecular complexity index is 2500. The standard InChI is InChI=1S/C45H29N3O/c1-4-12-30(13-5-1)31-22-24-33(25-23-31)38-19-10-20-39-41-37(18-11-21-40(41)49-42(38)39)32-26-28-36(29-27-32)45-47-43(34-14-6-2-7-15-34)46-44(48-45)35-16-8-3-9-17-35/h1-29H. The molecular formula is C45H29N3O. The quantitative estimate of drug-likeness (QED) is 0.184. The van der Waals surface area contributed by atoms with Crippen LogP contribution >= 0.6 is 0 Å². The minimum Gasteiger partial charge on any atom is -0.455 e. The van der Waals surface area contributed by atoms with Crippen molar-refractivity contribution in [2.75, 3.05) is 0 Å². The van der Waals surface area contributed by atoms with E-state index in [1.807, 2.05) is 66.7 Å². The van der Waals surface area contributed by atoms with Gasteiger partial charge < -0.3 is 4.42 Å². The van der Waals surface area contributed by atoms with Crippen LogP contribution in [0.1, 0.15) is 0 Å². The van der Waals surface area contributed by atoms with Crippen molar-refractivity contribution in [3.63, 3.8) is 0 Å². The van der Waals surface area contributed by atoms with E-state index in [0.717, 1.165) is 60.9 Å². The first-order valence-electron chi connectivity index (χ1n) is 16.4. The number of para-hydroxylation sites is 1. The van der Waals surface area contributed by atoms with Crippen LogP contribution in [0.25, 0.3) is 89.5 Å². The van der Waals surface area contributed by atoms with Crippen LogP contribution in [0, 0.1) is 0 Å². The average molecular weight is 628 g/mol. The number of aromatic nitrogens is 3. The van der Waals surface area contributed by atoms with Gasteiger partial charge >= 0.3 is 0 Å². The van der Waals surface area contributed by atoms with Gasteiger partial charge in [0.15, 0.2) is 17.5 Å². The third-order valence-corrected chi connectivity index (χ3v) is 8.98. The zero-order chi connectivity index (χ0) is 32.6. The van der Waals surface area contributed by atoms with Gasteiger partial charge in [-0.05, 0) is 33.9 Å². The van der Waals surface area contributed by atoms with Crippen molar-refractivity contribution in [1.82, 2.24) is 15.0 Å². The fourth-order valence-electron chi connectivity index (χ4n) is 6.53. The molecule has 0 aliphatic heterocycles. The summed E-state index contributed by atoms with van der Waals surface area (Å²) in [4.78, 5) is 14.7. The van der Waals surface area contributed by atoms with Gasteiger partial charge in [0.05, 0.1) is 0 Å². The summed E-state index contributed by atoms with van der Waals surface area (Å²) in [6, 6.07) is 60.4. The lowest BCUT2D eigenvalue weighted by atomic mass is 9.96. The highest BCUT2D eigenvalue weighted by atomic mass is 16.3. The third kappa shape index (κ3) is 5.35. The molecule has 0 bridgehead atoms. The Morgan fingerprint density at radius 3 is 1.29 bits per heavy atom. The molecule has 9 aromatic rings. The number of furan rings is 1. The predicted molar refractivity (Wildman–Crippen MR) is 200 cm³/mol. The molecule has 7 aromatic carbocycles. The van der Waals surface area contributed by atoms with Crippen molar-refractivity contribution in [1.29, 1.82) is 0 Å². The maximum absolute atomic E-state index is 6.59. The van der Waals surface area contributed by atoms with Gasteiger partial charge in [-0.1, -0.05) is 170 Å². The van der Waals surface area contributed by atoms with Gasteiger partial charge in [0.2, 0.25) is 0 Å². The molecule has 0 spiro atoms. The molecule has 9 rings (SSSR count). The number of rotatable bonds is 6. The normalized spacial score (nSPS) is 11.3. The molecule has 4 heteroatoms. The van der Waals surface area contributed by atoms with Gasteiger partial charge in [-0.15, -0.1) is 0 Å².